The Labute approximate surface area is 103 Å². The molecule has 4 heteroatoms. The van der Waals surface area contributed by atoms with E-state index in [2.05, 4.69) is 50.1 Å². The van der Waals surface area contributed by atoms with Gasteiger partial charge in [-0.1, -0.05) is 6.07 Å². The monoisotopic (exact) mass is 329 g/mol. The molecule has 1 aromatic carbocycles. The maximum absolute atomic E-state index is 8.60. The summed E-state index contributed by atoms with van der Waals surface area (Å²) in [6, 6.07) is 8.30. The molecule has 0 aliphatic rings. The van der Waals surface area contributed by atoms with Gasteiger partial charge in [0.25, 0.3) is 0 Å². The van der Waals surface area contributed by atoms with Crippen LogP contribution >= 0.6 is 43.2 Å². The lowest BCUT2D eigenvalue weighted by molar-refractivity contribution is 1.32. The summed E-state index contributed by atoms with van der Waals surface area (Å²) in [5, 5.41) is 9.79. The van der Waals surface area contributed by atoms with Crippen LogP contribution in [0, 0.1) is 11.3 Å². The fraction of sp³-hybridized carbons (Fsp3) is 0.100. The zero-order valence-corrected chi connectivity index (χ0v) is 11.0. The summed E-state index contributed by atoms with van der Waals surface area (Å²) < 4.78 is 3.32. The van der Waals surface area contributed by atoms with Gasteiger partial charge in [-0.05, 0) is 49.4 Å². The average Bonchev–Trinajstić information content (AvgIpc) is 2.56. The number of hydrogen-bond acceptors (Lipinski definition) is 2. The minimum Gasteiger partial charge on any atom is -0.198 e. The van der Waals surface area contributed by atoms with E-state index in [0.717, 1.165) is 13.8 Å². The van der Waals surface area contributed by atoms with Crippen LogP contribution in [0.15, 0.2) is 27.1 Å². The Bertz CT molecular complexity index is 525. The first-order valence-corrected chi connectivity index (χ1v) is 6.36. The van der Waals surface area contributed by atoms with Crippen LogP contribution in [0.2, 0.25) is 0 Å². The molecule has 0 saturated carbocycles. The van der Waals surface area contributed by atoms with Crippen LogP contribution in [-0.4, -0.2) is 0 Å². The number of hydrogen-bond donors (Lipinski definition) is 0. The van der Waals surface area contributed by atoms with Crippen molar-refractivity contribution in [2.24, 2.45) is 0 Å². The van der Waals surface area contributed by atoms with E-state index in [4.69, 9.17) is 5.26 Å². The van der Waals surface area contributed by atoms with Crippen LogP contribution in [0.25, 0.3) is 10.1 Å². The summed E-state index contributed by atoms with van der Waals surface area (Å²) in [4.78, 5) is 1.11. The predicted octanol–water partition coefficient (Wildman–Crippen LogP) is 4.49. The molecule has 1 heterocycles. The van der Waals surface area contributed by atoms with Gasteiger partial charge in [-0.25, -0.2) is 0 Å². The number of nitriles is 1. The molecule has 0 amide bonds. The largest absolute Gasteiger partial charge is 0.198 e. The van der Waals surface area contributed by atoms with Crippen molar-refractivity contribution in [1.82, 2.24) is 0 Å². The molecule has 70 valence electrons. The SMILES string of the molecule is N#CCc1cc2ccc(Br)c(Br)c2s1. The Kier molecular flexibility index (Phi) is 2.91. The fourth-order valence-corrected chi connectivity index (χ4v) is 3.36. The summed E-state index contributed by atoms with van der Waals surface area (Å²) >= 11 is 8.65. The Balaban J connectivity index is 2.66. The molecule has 0 atom stereocenters. The number of halogens is 2. The summed E-state index contributed by atoms with van der Waals surface area (Å²) in [6.07, 6.45) is 0.489. The topological polar surface area (TPSA) is 23.8 Å². The van der Waals surface area contributed by atoms with Gasteiger partial charge >= 0.3 is 0 Å². The summed E-state index contributed by atoms with van der Waals surface area (Å²) in [5.74, 6) is 0. The highest BCUT2D eigenvalue weighted by molar-refractivity contribution is 9.13. The van der Waals surface area contributed by atoms with E-state index in [1.165, 1.54) is 10.1 Å². The number of benzene rings is 1. The van der Waals surface area contributed by atoms with Gasteiger partial charge in [0.1, 0.15) is 0 Å². The average molecular weight is 331 g/mol. The molecule has 0 N–H and O–H groups in total. The third-order valence-corrected chi connectivity index (χ3v) is 5.33. The van der Waals surface area contributed by atoms with Crippen LogP contribution in [0.5, 0.6) is 0 Å². The van der Waals surface area contributed by atoms with Gasteiger partial charge in [0.05, 0.1) is 12.5 Å². The zero-order chi connectivity index (χ0) is 10.1. The highest BCUT2D eigenvalue weighted by atomic mass is 79.9. The van der Waals surface area contributed by atoms with Crippen LogP contribution in [0.1, 0.15) is 4.88 Å². The minimum atomic E-state index is 0.489. The van der Waals surface area contributed by atoms with Crippen molar-refractivity contribution in [3.8, 4) is 6.07 Å². The number of fused-ring (bicyclic) bond motifs is 1. The summed E-state index contributed by atoms with van der Waals surface area (Å²) in [6.45, 7) is 0. The molecular weight excluding hydrogens is 326 g/mol. The molecule has 0 aliphatic heterocycles. The van der Waals surface area contributed by atoms with Gasteiger partial charge in [-0.2, -0.15) is 5.26 Å². The molecule has 0 unspecified atom stereocenters. The third-order valence-electron chi connectivity index (χ3n) is 1.88. The molecule has 2 aromatic rings. The predicted molar refractivity (Wildman–Crippen MR) is 66.5 cm³/mol. The second-order valence-corrected chi connectivity index (χ2v) is 5.61. The lowest BCUT2D eigenvalue weighted by Crippen LogP contribution is -1.68. The van der Waals surface area contributed by atoms with E-state index in [-0.39, 0.29) is 0 Å². The smallest absolute Gasteiger partial charge is 0.0696 e. The van der Waals surface area contributed by atoms with Crippen molar-refractivity contribution in [2.45, 2.75) is 6.42 Å². The normalized spacial score (nSPS) is 10.4. The molecule has 0 aliphatic carbocycles. The van der Waals surface area contributed by atoms with Crippen molar-refractivity contribution < 1.29 is 0 Å². The maximum Gasteiger partial charge on any atom is 0.0696 e. The van der Waals surface area contributed by atoms with E-state index in [9.17, 15) is 0 Å². The van der Waals surface area contributed by atoms with E-state index < -0.39 is 0 Å². The van der Waals surface area contributed by atoms with Crippen molar-refractivity contribution in [1.29, 1.82) is 5.26 Å². The van der Waals surface area contributed by atoms with Crippen molar-refractivity contribution in [2.75, 3.05) is 0 Å². The molecule has 0 radical (unpaired) electrons. The van der Waals surface area contributed by atoms with E-state index in [0.29, 0.717) is 6.42 Å². The van der Waals surface area contributed by atoms with Gasteiger partial charge in [0, 0.05) is 18.5 Å². The number of thiophene rings is 1. The molecule has 2 rings (SSSR count). The van der Waals surface area contributed by atoms with Crippen molar-refractivity contribution >= 4 is 53.3 Å². The molecule has 0 bridgehead atoms. The van der Waals surface area contributed by atoms with E-state index in [1.807, 2.05) is 6.07 Å². The lowest BCUT2D eigenvalue weighted by atomic mass is 10.2. The fourth-order valence-electron chi connectivity index (χ4n) is 1.26. The van der Waals surface area contributed by atoms with Crippen LogP contribution in [0.4, 0.5) is 0 Å². The second kappa shape index (κ2) is 4.01. The first kappa shape index (κ1) is 10.2. The first-order valence-electron chi connectivity index (χ1n) is 3.95. The Morgan fingerprint density at radius 1 is 1.36 bits per heavy atom. The number of rotatable bonds is 1. The number of nitrogens with zero attached hydrogens (tertiary/aromatic N) is 1. The molecule has 1 nitrogen and oxygen atoms in total. The standard InChI is InChI=1S/C10H5Br2NS/c11-8-2-1-6-5-7(3-4-13)14-10(6)9(8)12/h1-2,5H,3H2. The first-order chi connectivity index (χ1) is 6.72. The highest BCUT2D eigenvalue weighted by Crippen LogP contribution is 2.36. The second-order valence-electron chi connectivity index (χ2n) is 2.83. The summed E-state index contributed by atoms with van der Waals surface area (Å²) in [5.41, 5.74) is 0. The van der Waals surface area contributed by atoms with E-state index in [1.54, 1.807) is 11.3 Å². The van der Waals surface area contributed by atoms with Crippen molar-refractivity contribution in [3.63, 3.8) is 0 Å². The summed E-state index contributed by atoms with van der Waals surface area (Å²) in [7, 11) is 0. The van der Waals surface area contributed by atoms with Crippen LogP contribution < -0.4 is 0 Å². The highest BCUT2D eigenvalue weighted by Gasteiger charge is 2.07. The van der Waals surface area contributed by atoms with Gasteiger partial charge in [-0.15, -0.1) is 11.3 Å². The van der Waals surface area contributed by atoms with Gasteiger partial charge in [0.2, 0.25) is 0 Å². The minimum absolute atomic E-state index is 0.489. The quantitative estimate of drug-likeness (QED) is 0.755. The van der Waals surface area contributed by atoms with Gasteiger partial charge < -0.3 is 0 Å². The van der Waals surface area contributed by atoms with E-state index >= 15 is 0 Å². The molecule has 0 spiro atoms. The van der Waals surface area contributed by atoms with Gasteiger partial charge in [-0.3, -0.25) is 0 Å². The Morgan fingerprint density at radius 2 is 2.14 bits per heavy atom. The molecular formula is C10H5Br2NS. The maximum atomic E-state index is 8.60. The van der Waals surface area contributed by atoms with Gasteiger partial charge in [0.15, 0.2) is 0 Å². The van der Waals surface area contributed by atoms with Crippen molar-refractivity contribution in [3.05, 3.63) is 32.0 Å². The molecule has 0 saturated heterocycles. The Hall–Kier alpha value is -0.370. The third kappa shape index (κ3) is 1.72. The zero-order valence-electron chi connectivity index (χ0n) is 7.05. The molecule has 14 heavy (non-hydrogen) atoms. The molecule has 0 fully saturated rings. The van der Waals surface area contributed by atoms with Crippen LogP contribution in [-0.2, 0) is 6.42 Å². The van der Waals surface area contributed by atoms with Crippen LogP contribution in [0.3, 0.4) is 0 Å². The Morgan fingerprint density at radius 3 is 2.86 bits per heavy atom. The lowest BCUT2D eigenvalue weighted by Gasteiger charge is -1.95. The molecule has 1 aromatic heterocycles.